The van der Waals surface area contributed by atoms with Crippen LogP contribution in [0, 0.1) is 0 Å². The molecule has 2 aromatic carbocycles. The van der Waals surface area contributed by atoms with Crippen LogP contribution in [-0.4, -0.2) is 45.4 Å². The van der Waals surface area contributed by atoms with Crippen molar-refractivity contribution in [3.05, 3.63) is 64.7 Å². The lowest BCUT2D eigenvalue weighted by Crippen LogP contribution is -2.54. The molecule has 0 saturated carbocycles. The third kappa shape index (κ3) is 3.92. The van der Waals surface area contributed by atoms with Crippen molar-refractivity contribution in [3.8, 4) is 5.75 Å². The quantitative estimate of drug-likeness (QED) is 0.617. The number of hydrogen-bond acceptors (Lipinski definition) is 6. The molecule has 1 unspecified atom stereocenters. The lowest BCUT2D eigenvalue weighted by atomic mass is 9.76. The van der Waals surface area contributed by atoms with E-state index < -0.39 is 11.1 Å². The monoisotopic (exact) mass is 475 g/mol. The van der Waals surface area contributed by atoms with Crippen molar-refractivity contribution < 1.29 is 19.4 Å². The van der Waals surface area contributed by atoms with Gasteiger partial charge in [-0.3, -0.25) is 14.5 Å². The number of carbonyl (C=O) groups excluding carboxylic acids is 2. The van der Waals surface area contributed by atoms with Crippen LogP contribution in [0.15, 0.2) is 47.5 Å². The zero-order chi connectivity index (χ0) is 25.0. The van der Waals surface area contributed by atoms with Crippen molar-refractivity contribution in [1.82, 2.24) is 4.90 Å². The largest absolute Gasteiger partial charge is 0.490 e. The normalized spacial score (nSPS) is 26.7. The van der Waals surface area contributed by atoms with Gasteiger partial charge in [0, 0.05) is 23.5 Å². The predicted octanol–water partition coefficient (Wildman–Crippen LogP) is 3.89. The van der Waals surface area contributed by atoms with Crippen LogP contribution in [0.3, 0.4) is 0 Å². The summed E-state index contributed by atoms with van der Waals surface area (Å²) in [4.78, 5) is 32.8. The van der Waals surface area contributed by atoms with Gasteiger partial charge in [0.05, 0.1) is 18.0 Å². The number of para-hydroxylation sites is 1. The van der Waals surface area contributed by atoms with Gasteiger partial charge in [0.15, 0.2) is 11.7 Å². The van der Waals surface area contributed by atoms with E-state index in [0.29, 0.717) is 24.2 Å². The molecule has 184 valence electrons. The maximum Gasteiger partial charge on any atom is 0.232 e. The molecular formula is C28H33N3O4. The topological polar surface area (TPSA) is 105 Å². The number of fused-ring (bicyclic) bond motifs is 2. The average molecular weight is 476 g/mol. The molecule has 0 bridgehead atoms. The van der Waals surface area contributed by atoms with E-state index in [-0.39, 0.29) is 42.6 Å². The number of aliphatic hydroxyl groups is 1. The Kier molecular flexibility index (Phi) is 5.71. The summed E-state index contributed by atoms with van der Waals surface area (Å²) < 4.78 is 5.71. The Morgan fingerprint density at radius 3 is 2.66 bits per heavy atom. The van der Waals surface area contributed by atoms with Gasteiger partial charge in [-0.1, -0.05) is 44.2 Å². The van der Waals surface area contributed by atoms with Gasteiger partial charge in [0.1, 0.15) is 18.0 Å². The van der Waals surface area contributed by atoms with Crippen molar-refractivity contribution in [2.24, 2.45) is 10.7 Å². The minimum absolute atomic E-state index is 0.0107. The molecule has 7 nitrogen and oxygen atoms in total. The molecule has 7 heteroatoms. The van der Waals surface area contributed by atoms with Gasteiger partial charge in [-0.05, 0) is 49.4 Å². The molecule has 3 N–H and O–H groups in total. The second kappa shape index (κ2) is 8.48. The summed E-state index contributed by atoms with van der Waals surface area (Å²) >= 11 is 0. The van der Waals surface area contributed by atoms with Crippen molar-refractivity contribution >= 4 is 17.6 Å². The Morgan fingerprint density at radius 2 is 1.94 bits per heavy atom. The van der Waals surface area contributed by atoms with E-state index in [1.807, 2.05) is 56.3 Å². The van der Waals surface area contributed by atoms with Crippen LogP contribution in [-0.2, 0) is 11.2 Å². The van der Waals surface area contributed by atoms with Gasteiger partial charge in [-0.15, -0.1) is 0 Å². The van der Waals surface area contributed by atoms with Crippen molar-refractivity contribution in [1.29, 1.82) is 0 Å². The number of nitrogens with two attached hydrogens (primary N) is 1. The van der Waals surface area contributed by atoms with E-state index >= 15 is 0 Å². The zero-order valence-corrected chi connectivity index (χ0v) is 20.6. The van der Waals surface area contributed by atoms with E-state index in [1.54, 1.807) is 11.8 Å². The number of ketones is 1. The Labute approximate surface area is 206 Å². The first-order valence-electron chi connectivity index (χ1n) is 12.5. The summed E-state index contributed by atoms with van der Waals surface area (Å²) in [6, 6.07) is 13.0. The smallest absolute Gasteiger partial charge is 0.232 e. The molecule has 2 heterocycles. The van der Waals surface area contributed by atoms with E-state index in [0.717, 1.165) is 29.5 Å². The second-order valence-corrected chi connectivity index (χ2v) is 10.3. The van der Waals surface area contributed by atoms with Gasteiger partial charge in [-0.2, -0.15) is 0 Å². The van der Waals surface area contributed by atoms with E-state index in [1.165, 1.54) is 0 Å². The van der Waals surface area contributed by atoms with E-state index in [9.17, 15) is 14.7 Å². The predicted molar refractivity (Wildman–Crippen MR) is 134 cm³/mol. The Hall–Kier alpha value is -3.19. The molecule has 1 aliphatic carbocycles. The second-order valence-electron chi connectivity index (χ2n) is 10.3. The highest BCUT2D eigenvalue weighted by molar-refractivity contribution is 6.00. The molecule has 1 amide bonds. The third-order valence-electron chi connectivity index (χ3n) is 8.17. The van der Waals surface area contributed by atoms with Crippen LogP contribution in [0.4, 0.5) is 0 Å². The fraction of sp³-hybridized carbons (Fsp3) is 0.464. The summed E-state index contributed by atoms with van der Waals surface area (Å²) in [5.74, 6) is 0.547. The molecule has 3 atom stereocenters. The number of guanidine groups is 1. The van der Waals surface area contributed by atoms with Gasteiger partial charge < -0.3 is 15.6 Å². The van der Waals surface area contributed by atoms with Crippen LogP contribution in [0.5, 0.6) is 5.75 Å². The molecule has 3 aliphatic rings. The van der Waals surface area contributed by atoms with Crippen LogP contribution < -0.4 is 10.5 Å². The molecule has 0 radical (unpaired) electrons. The van der Waals surface area contributed by atoms with Crippen LogP contribution in [0.25, 0.3) is 0 Å². The fourth-order valence-corrected chi connectivity index (χ4v) is 5.70. The molecule has 2 aliphatic heterocycles. The maximum atomic E-state index is 13.4. The molecule has 0 aromatic heterocycles. The van der Waals surface area contributed by atoms with Crippen LogP contribution in [0.2, 0.25) is 0 Å². The molecule has 35 heavy (non-hydrogen) atoms. The first kappa shape index (κ1) is 23.5. The number of rotatable bonds is 6. The van der Waals surface area contributed by atoms with Gasteiger partial charge in [-0.25, -0.2) is 4.99 Å². The molecule has 0 spiro atoms. The molecule has 5 rings (SSSR count). The molecule has 0 fully saturated rings. The van der Waals surface area contributed by atoms with Gasteiger partial charge in [0.25, 0.3) is 0 Å². The number of amides is 1. The summed E-state index contributed by atoms with van der Waals surface area (Å²) in [6.07, 6.45) is 2.74. The Balaban J connectivity index is 1.39. The van der Waals surface area contributed by atoms with Crippen LogP contribution >= 0.6 is 0 Å². The highest BCUT2D eigenvalue weighted by atomic mass is 16.5. The highest BCUT2D eigenvalue weighted by Gasteiger charge is 2.44. The number of hydrogen-bond donors (Lipinski definition) is 2. The molecule has 2 aromatic rings. The minimum atomic E-state index is -1.15. The Morgan fingerprint density at radius 1 is 1.20 bits per heavy atom. The van der Waals surface area contributed by atoms with Gasteiger partial charge in [0.2, 0.25) is 5.91 Å². The maximum absolute atomic E-state index is 13.4. The SMILES string of the molecule is CCC1(CC)CC(=O)N(C2Cc3ccc(C(=O)C[C@@H]4c5ccccc5OC[C@@]4(C)O)cc32)C(N)=N1. The lowest BCUT2D eigenvalue weighted by Gasteiger charge is -2.44. The standard InChI is InChI=1S/C28H33N3O4/c1-4-28(5-2)15-25(33)31(26(29)30-28)22-13-17-10-11-18(12-20(17)22)23(32)14-21-19-8-6-7-9-24(19)35-16-27(21,3)34/h6-12,21-22,34H,4-5,13-16H2,1-3H3,(H2,29,30)/t21-,22?,27-/m1/s1. The summed E-state index contributed by atoms with van der Waals surface area (Å²) in [6.45, 7) is 5.92. The highest BCUT2D eigenvalue weighted by Crippen LogP contribution is 2.44. The number of benzene rings is 2. The lowest BCUT2D eigenvalue weighted by molar-refractivity contribution is -0.132. The number of aliphatic imine (C=N–C) groups is 1. The molecule has 0 saturated heterocycles. The minimum Gasteiger partial charge on any atom is -0.490 e. The van der Waals surface area contributed by atoms with E-state index in [2.05, 4.69) is 0 Å². The fourth-order valence-electron chi connectivity index (χ4n) is 5.70. The number of ether oxygens (including phenoxy) is 1. The van der Waals surface area contributed by atoms with Crippen molar-refractivity contribution in [3.63, 3.8) is 0 Å². The third-order valence-corrected chi connectivity index (χ3v) is 8.17. The number of carbonyl (C=O) groups is 2. The number of nitrogens with zero attached hydrogens (tertiary/aromatic N) is 2. The van der Waals surface area contributed by atoms with E-state index in [4.69, 9.17) is 15.5 Å². The summed E-state index contributed by atoms with van der Waals surface area (Å²) in [5.41, 5.74) is 8.22. The van der Waals surface area contributed by atoms with Crippen LogP contribution in [0.1, 0.15) is 85.5 Å². The molecular weight excluding hydrogens is 442 g/mol. The zero-order valence-electron chi connectivity index (χ0n) is 20.6. The average Bonchev–Trinajstić information content (AvgIpc) is 2.83. The first-order valence-corrected chi connectivity index (χ1v) is 12.5. The van der Waals surface area contributed by atoms with Crippen molar-refractivity contribution in [2.45, 2.75) is 76.0 Å². The summed E-state index contributed by atoms with van der Waals surface area (Å²) in [5, 5.41) is 11.0. The first-order chi connectivity index (χ1) is 16.7. The Bertz CT molecular complexity index is 1210. The summed E-state index contributed by atoms with van der Waals surface area (Å²) in [7, 11) is 0. The van der Waals surface area contributed by atoms with Gasteiger partial charge >= 0.3 is 0 Å². The van der Waals surface area contributed by atoms with Crippen molar-refractivity contribution in [2.75, 3.05) is 6.61 Å². The number of Topliss-reactive ketones (excluding diaryl/α,β-unsaturated/α-hetero) is 1.